The second-order valence-corrected chi connectivity index (χ2v) is 6.53. The number of rotatable bonds is 4. The Bertz CT molecular complexity index is 656. The van der Waals surface area contributed by atoms with E-state index >= 15 is 0 Å². The van der Waals surface area contributed by atoms with E-state index in [1.54, 1.807) is 4.90 Å². The number of hydrogen-bond donors (Lipinski definition) is 0. The molecule has 0 radical (unpaired) electrons. The molecular weight excluding hydrogens is 340 g/mol. The summed E-state index contributed by atoms with van der Waals surface area (Å²) in [5.74, 6) is -2.08. The van der Waals surface area contributed by atoms with Crippen molar-refractivity contribution in [3.63, 3.8) is 0 Å². The fraction of sp³-hybridized carbons (Fsp3) is 0.538. The van der Waals surface area contributed by atoms with Crippen molar-refractivity contribution in [1.82, 2.24) is 4.90 Å². The van der Waals surface area contributed by atoms with Crippen LogP contribution in [0.25, 0.3) is 0 Å². The number of piperazine rings is 1. The molecule has 0 N–H and O–H groups in total. The Balaban J connectivity index is 2.23. The number of alkyl halides is 3. The highest BCUT2D eigenvalue weighted by Gasteiger charge is 2.49. The van der Waals surface area contributed by atoms with E-state index in [-0.39, 0.29) is 5.69 Å². The lowest BCUT2D eigenvalue weighted by Crippen LogP contribution is -2.46. The predicted molar refractivity (Wildman–Crippen MR) is 76.3 cm³/mol. The molecule has 1 heterocycles. The van der Waals surface area contributed by atoms with Gasteiger partial charge in [0.25, 0.3) is 0 Å². The monoisotopic (exact) mass is 356 g/mol. The Kier molecular flexibility index (Phi) is 5.04. The molecule has 5 nitrogen and oxygen atoms in total. The van der Waals surface area contributed by atoms with E-state index in [4.69, 9.17) is 0 Å². The summed E-state index contributed by atoms with van der Waals surface area (Å²) in [4.78, 5) is 3.79. The van der Waals surface area contributed by atoms with Gasteiger partial charge in [-0.05, 0) is 18.7 Å². The number of anilines is 1. The van der Waals surface area contributed by atoms with E-state index in [1.807, 2.05) is 6.92 Å². The van der Waals surface area contributed by atoms with Gasteiger partial charge in [0, 0.05) is 26.2 Å². The van der Waals surface area contributed by atoms with Gasteiger partial charge in [0.05, 0.1) is 5.69 Å². The van der Waals surface area contributed by atoms with Crippen LogP contribution < -0.4 is 9.08 Å². The third kappa shape index (κ3) is 3.86. The standard InChI is InChI=1S/C13H16F4N2O3S/c1-2-18-6-8-19(9-7-18)10-4-3-5-11(12(10)14)22-23(20,21)13(15,16)17/h3-5H,2,6-9H2,1H3. The molecule has 0 bridgehead atoms. The lowest BCUT2D eigenvalue weighted by molar-refractivity contribution is -0.0500. The molecule has 0 aliphatic carbocycles. The summed E-state index contributed by atoms with van der Waals surface area (Å²) in [6.07, 6.45) is 0. The average Bonchev–Trinajstić information content (AvgIpc) is 2.48. The summed E-state index contributed by atoms with van der Waals surface area (Å²) in [6, 6.07) is 3.49. The topological polar surface area (TPSA) is 49.9 Å². The Morgan fingerprint density at radius 1 is 1.17 bits per heavy atom. The van der Waals surface area contributed by atoms with Crippen molar-refractivity contribution in [2.24, 2.45) is 0 Å². The van der Waals surface area contributed by atoms with Crippen LogP contribution in [0.1, 0.15) is 6.92 Å². The molecule has 0 saturated carbocycles. The molecule has 23 heavy (non-hydrogen) atoms. The minimum absolute atomic E-state index is 0.0237. The van der Waals surface area contributed by atoms with E-state index in [0.717, 1.165) is 12.6 Å². The normalized spacial score (nSPS) is 17.3. The molecule has 1 fully saturated rings. The van der Waals surface area contributed by atoms with E-state index in [9.17, 15) is 26.0 Å². The summed E-state index contributed by atoms with van der Waals surface area (Å²) < 4.78 is 77.3. The van der Waals surface area contributed by atoms with E-state index in [2.05, 4.69) is 9.08 Å². The molecule has 1 aliphatic rings. The summed E-state index contributed by atoms with van der Waals surface area (Å²) in [7, 11) is -5.90. The van der Waals surface area contributed by atoms with Crippen molar-refractivity contribution >= 4 is 15.8 Å². The number of likely N-dealkylation sites (N-methyl/N-ethyl adjacent to an activating group) is 1. The molecule has 1 aromatic rings. The Labute approximate surface area is 131 Å². The summed E-state index contributed by atoms with van der Waals surface area (Å²) in [6.45, 7) is 5.18. The molecule has 0 unspecified atom stereocenters. The lowest BCUT2D eigenvalue weighted by atomic mass is 10.2. The first kappa shape index (κ1) is 17.8. The number of halogens is 4. The lowest BCUT2D eigenvalue weighted by Gasteiger charge is -2.35. The molecule has 2 rings (SSSR count). The molecule has 0 aromatic heterocycles. The van der Waals surface area contributed by atoms with Crippen molar-refractivity contribution in [2.75, 3.05) is 37.6 Å². The highest BCUT2D eigenvalue weighted by molar-refractivity contribution is 7.88. The maximum absolute atomic E-state index is 14.3. The average molecular weight is 356 g/mol. The number of hydrogen-bond acceptors (Lipinski definition) is 5. The minimum atomic E-state index is -5.90. The zero-order chi connectivity index (χ0) is 17.3. The van der Waals surface area contributed by atoms with Gasteiger partial charge in [0.2, 0.25) is 0 Å². The first-order valence-electron chi connectivity index (χ1n) is 6.92. The van der Waals surface area contributed by atoms with Crippen LogP contribution in [0.5, 0.6) is 5.75 Å². The molecule has 1 aliphatic heterocycles. The minimum Gasteiger partial charge on any atom is -0.373 e. The van der Waals surface area contributed by atoms with Gasteiger partial charge in [0.1, 0.15) is 0 Å². The second kappa shape index (κ2) is 6.52. The van der Waals surface area contributed by atoms with Gasteiger partial charge >= 0.3 is 15.6 Å². The second-order valence-electron chi connectivity index (χ2n) is 4.99. The van der Waals surface area contributed by atoms with E-state index in [0.29, 0.717) is 26.2 Å². The molecular formula is C13H16F4N2O3S. The third-order valence-electron chi connectivity index (χ3n) is 3.59. The maximum Gasteiger partial charge on any atom is 0.534 e. The van der Waals surface area contributed by atoms with Crippen LogP contribution in [-0.4, -0.2) is 51.5 Å². The fourth-order valence-corrected chi connectivity index (χ4v) is 2.74. The Hall–Kier alpha value is -1.55. The molecule has 0 spiro atoms. The highest BCUT2D eigenvalue weighted by Crippen LogP contribution is 2.32. The largest absolute Gasteiger partial charge is 0.534 e. The first-order chi connectivity index (χ1) is 10.7. The van der Waals surface area contributed by atoms with Crippen LogP contribution in [-0.2, 0) is 10.1 Å². The number of benzene rings is 1. The Morgan fingerprint density at radius 3 is 2.30 bits per heavy atom. The maximum atomic E-state index is 14.3. The summed E-state index contributed by atoms with van der Waals surface area (Å²) in [5.41, 5.74) is -5.59. The zero-order valence-electron chi connectivity index (χ0n) is 12.3. The summed E-state index contributed by atoms with van der Waals surface area (Å²) in [5, 5.41) is 0. The van der Waals surface area contributed by atoms with Gasteiger partial charge in [-0.15, -0.1) is 0 Å². The quantitative estimate of drug-likeness (QED) is 0.470. The van der Waals surface area contributed by atoms with Crippen molar-refractivity contribution in [3.8, 4) is 5.75 Å². The van der Waals surface area contributed by atoms with Crippen molar-refractivity contribution in [2.45, 2.75) is 12.4 Å². The molecule has 0 atom stereocenters. The molecule has 0 amide bonds. The SMILES string of the molecule is CCN1CCN(c2cccc(OS(=O)(=O)C(F)(F)F)c2F)CC1. The van der Waals surface area contributed by atoms with Gasteiger partial charge < -0.3 is 14.0 Å². The molecule has 130 valence electrons. The predicted octanol–water partition coefficient (Wildman–Crippen LogP) is 2.20. The smallest absolute Gasteiger partial charge is 0.373 e. The molecule has 1 aromatic carbocycles. The van der Waals surface area contributed by atoms with Crippen LogP contribution in [0.2, 0.25) is 0 Å². The first-order valence-corrected chi connectivity index (χ1v) is 8.33. The third-order valence-corrected chi connectivity index (χ3v) is 4.55. The Morgan fingerprint density at radius 2 is 1.78 bits per heavy atom. The molecule has 10 heteroatoms. The van der Waals surface area contributed by atoms with Crippen LogP contribution in [0.3, 0.4) is 0 Å². The van der Waals surface area contributed by atoms with Gasteiger partial charge in [-0.3, -0.25) is 0 Å². The van der Waals surface area contributed by atoms with E-state index < -0.39 is 27.2 Å². The number of nitrogens with zero attached hydrogens (tertiary/aromatic N) is 2. The van der Waals surface area contributed by atoms with Crippen molar-refractivity contribution < 1.29 is 30.2 Å². The van der Waals surface area contributed by atoms with Crippen LogP contribution in [0.4, 0.5) is 23.2 Å². The van der Waals surface area contributed by atoms with Gasteiger partial charge in [0.15, 0.2) is 11.6 Å². The summed E-state index contributed by atoms with van der Waals surface area (Å²) >= 11 is 0. The fourth-order valence-electron chi connectivity index (χ4n) is 2.28. The van der Waals surface area contributed by atoms with Gasteiger partial charge in [-0.25, -0.2) is 4.39 Å². The van der Waals surface area contributed by atoms with E-state index in [1.165, 1.54) is 12.1 Å². The van der Waals surface area contributed by atoms with Gasteiger partial charge in [-0.1, -0.05) is 13.0 Å². The van der Waals surface area contributed by atoms with Crippen LogP contribution >= 0.6 is 0 Å². The van der Waals surface area contributed by atoms with Crippen molar-refractivity contribution in [3.05, 3.63) is 24.0 Å². The van der Waals surface area contributed by atoms with Crippen LogP contribution in [0.15, 0.2) is 18.2 Å². The van der Waals surface area contributed by atoms with Crippen molar-refractivity contribution in [1.29, 1.82) is 0 Å². The highest BCUT2D eigenvalue weighted by atomic mass is 32.2. The van der Waals surface area contributed by atoms with Gasteiger partial charge in [-0.2, -0.15) is 21.6 Å². The van der Waals surface area contributed by atoms with Crippen LogP contribution in [0, 0.1) is 5.82 Å². The molecule has 1 saturated heterocycles. The zero-order valence-corrected chi connectivity index (χ0v) is 13.1.